The van der Waals surface area contributed by atoms with E-state index in [0.29, 0.717) is 35.0 Å². The first-order valence-corrected chi connectivity index (χ1v) is 9.06. The zero-order valence-electron chi connectivity index (χ0n) is 15.7. The molecule has 2 aromatic heterocycles. The molecule has 8 heteroatoms. The normalized spacial score (nSPS) is 10.8. The van der Waals surface area contributed by atoms with Crippen LogP contribution in [0.2, 0.25) is 0 Å². The molecule has 0 aliphatic carbocycles. The van der Waals surface area contributed by atoms with Gasteiger partial charge in [0.2, 0.25) is 5.88 Å². The topological polar surface area (TPSA) is 81.4 Å². The van der Waals surface area contributed by atoms with Gasteiger partial charge in [-0.15, -0.1) is 15.3 Å². The van der Waals surface area contributed by atoms with Crippen molar-refractivity contribution in [3.8, 4) is 17.3 Å². The predicted molar refractivity (Wildman–Crippen MR) is 105 cm³/mol. The van der Waals surface area contributed by atoms with Crippen LogP contribution in [-0.4, -0.2) is 38.9 Å². The molecule has 0 bridgehead atoms. The van der Waals surface area contributed by atoms with Gasteiger partial charge < -0.3 is 10.1 Å². The van der Waals surface area contributed by atoms with E-state index in [9.17, 15) is 9.18 Å². The minimum atomic E-state index is -0.365. The van der Waals surface area contributed by atoms with Gasteiger partial charge in [-0.05, 0) is 37.3 Å². The minimum Gasteiger partial charge on any atom is -0.475 e. The highest BCUT2D eigenvalue weighted by molar-refractivity contribution is 5.94. The number of ether oxygens (including phenoxy) is 1. The van der Waals surface area contributed by atoms with Crippen molar-refractivity contribution >= 4 is 11.6 Å². The van der Waals surface area contributed by atoms with Crippen LogP contribution in [0, 0.1) is 12.7 Å². The number of aryl methyl sites for hydroxylation is 1. The second kappa shape index (κ2) is 8.05. The van der Waals surface area contributed by atoms with E-state index in [1.165, 1.54) is 16.6 Å². The van der Waals surface area contributed by atoms with Crippen molar-refractivity contribution in [3.05, 3.63) is 77.6 Å². The van der Waals surface area contributed by atoms with Gasteiger partial charge in [-0.2, -0.15) is 4.52 Å². The third-order valence-electron chi connectivity index (χ3n) is 4.27. The molecule has 146 valence electrons. The first kappa shape index (κ1) is 18.5. The standard InChI is InChI=1S/C21H18FN5O2/c1-14-5-7-15(8-6-14)21(28)23-11-12-29-19-10-9-18-24-25-20(27(18)26-19)16-3-2-4-17(22)13-16/h2-10,13H,11-12H2,1H3,(H,23,28). The van der Waals surface area contributed by atoms with Gasteiger partial charge in [-0.25, -0.2) is 4.39 Å². The van der Waals surface area contributed by atoms with Gasteiger partial charge in [0.25, 0.3) is 5.91 Å². The SMILES string of the molecule is Cc1ccc(C(=O)NCCOc2ccc3nnc(-c4cccc(F)c4)n3n2)cc1. The fourth-order valence-corrected chi connectivity index (χ4v) is 2.78. The van der Waals surface area contributed by atoms with Crippen LogP contribution >= 0.6 is 0 Å². The van der Waals surface area contributed by atoms with Crippen molar-refractivity contribution in [2.45, 2.75) is 6.92 Å². The van der Waals surface area contributed by atoms with Gasteiger partial charge in [0.05, 0.1) is 6.54 Å². The number of carbonyl (C=O) groups excluding carboxylic acids is 1. The van der Waals surface area contributed by atoms with Crippen molar-refractivity contribution in [1.82, 2.24) is 25.1 Å². The average molecular weight is 391 g/mol. The molecule has 1 amide bonds. The molecule has 0 saturated heterocycles. The molecular weight excluding hydrogens is 373 g/mol. The number of nitrogens with zero attached hydrogens (tertiary/aromatic N) is 4. The van der Waals surface area contributed by atoms with Crippen LogP contribution in [0.5, 0.6) is 5.88 Å². The summed E-state index contributed by atoms with van der Waals surface area (Å²) in [6, 6.07) is 16.8. The Morgan fingerprint density at radius 1 is 1.10 bits per heavy atom. The van der Waals surface area contributed by atoms with E-state index in [2.05, 4.69) is 20.6 Å². The Hall–Kier alpha value is -3.81. The molecule has 7 nitrogen and oxygen atoms in total. The Morgan fingerprint density at radius 2 is 1.93 bits per heavy atom. The summed E-state index contributed by atoms with van der Waals surface area (Å²) in [5, 5.41) is 15.3. The number of amides is 1. The number of rotatable bonds is 6. The molecule has 2 heterocycles. The lowest BCUT2D eigenvalue weighted by Crippen LogP contribution is -2.28. The van der Waals surface area contributed by atoms with E-state index in [1.807, 2.05) is 19.1 Å². The molecule has 1 N–H and O–H groups in total. The second-order valence-electron chi connectivity index (χ2n) is 6.45. The summed E-state index contributed by atoms with van der Waals surface area (Å²) in [6.45, 7) is 2.54. The molecule has 4 aromatic rings. The van der Waals surface area contributed by atoms with Gasteiger partial charge in [0.15, 0.2) is 11.5 Å². The number of fused-ring (bicyclic) bond motifs is 1. The number of hydrogen-bond acceptors (Lipinski definition) is 5. The Labute approximate surface area is 166 Å². The molecule has 0 radical (unpaired) electrons. The smallest absolute Gasteiger partial charge is 0.251 e. The van der Waals surface area contributed by atoms with Gasteiger partial charge in [0, 0.05) is 17.2 Å². The molecule has 2 aromatic carbocycles. The highest BCUT2D eigenvalue weighted by Crippen LogP contribution is 2.19. The average Bonchev–Trinajstić information content (AvgIpc) is 3.15. The lowest BCUT2D eigenvalue weighted by molar-refractivity contribution is 0.0946. The van der Waals surface area contributed by atoms with Crippen molar-refractivity contribution in [1.29, 1.82) is 0 Å². The Kier molecular flexibility index (Phi) is 5.15. The zero-order chi connectivity index (χ0) is 20.2. The minimum absolute atomic E-state index is 0.163. The highest BCUT2D eigenvalue weighted by Gasteiger charge is 2.11. The fraction of sp³-hybridized carbons (Fsp3) is 0.143. The lowest BCUT2D eigenvalue weighted by Gasteiger charge is -2.08. The molecule has 0 aliphatic heterocycles. The van der Waals surface area contributed by atoms with Crippen LogP contribution in [-0.2, 0) is 0 Å². The number of aromatic nitrogens is 4. The van der Waals surface area contributed by atoms with Crippen LogP contribution < -0.4 is 10.1 Å². The van der Waals surface area contributed by atoms with Crippen LogP contribution in [0.3, 0.4) is 0 Å². The Balaban J connectivity index is 1.40. The van der Waals surface area contributed by atoms with Crippen molar-refractivity contribution in [2.24, 2.45) is 0 Å². The summed E-state index contributed by atoms with van der Waals surface area (Å²) in [5.41, 5.74) is 2.77. The third kappa shape index (κ3) is 4.21. The molecule has 4 rings (SSSR count). The maximum absolute atomic E-state index is 13.5. The predicted octanol–water partition coefficient (Wildman–Crippen LogP) is 3.05. The summed E-state index contributed by atoms with van der Waals surface area (Å²) >= 11 is 0. The molecule has 0 saturated carbocycles. The van der Waals surface area contributed by atoms with Crippen molar-refractivity contribution in [3.63, 3.8) is 0 Å². The Morgan fingerprint density at radius 3 is 2.72 bits per heavy atom. The monoisotopic (exact) mass is 391 g/mol. The number of carbonyl (C=O) groups is 1. The molecule has 0 aliphatic rings. The van der Waals surface area contributed by atoms with Gasteiger partial charge in [-0.1, -0.05) is 29.8 Å². The number of hydrogen-bond donors (Lipinski definition) is 1. The summed E-state index contributed by atoms with van der Waals surface area (Å²) in [4.78, 5) is 12.1. The van der Waals surface area contributed by atoms with Crippen LogP contribution in [0.4, 0.5) is 4.39 Å². The van der Waals surface area contributed by atoms with Crippen molar-refractivity contribution in [2.75, 3.05) is 13.2 Å². The maximum Gasteiger partial charge on any atom is 0.251 e. The molecule has 0 fully saturated rings. The van der Waals surface area contributed by atoms with Crippen LogP contribution in [0.1, 0.15) is 15.9 Å². The molecule has 0 atom stereocenters. The second-order valence-corrected chi connectivity index (χ2v) is 6.45. The summed E-state index contributed by atoms with van der Waals surface area (Å²) in [7, 11) is 0. The molecule has 29 heavy (non-hydrogen) atoms. The van der Waals surface area contributed by atoms with Gasteiger partial charge >= 0.3 is 0 Å². The lowest BCUT2D eigenvalue weighted by atomic mass is 10.1. The summed E-state index contributed by atoms with van der Waals surface area (Å²) < 4.78 is 20.6. The number of nitrogens with one attached hydrogen (secondary N) is 1. The Bertz CT molecular complexity index is 1160. The number of benzene rings is 2. The van der Waals surface area contributed by atoms with Gasteiger partial charge in [0.1, 0.15) is 12.4 Å². The summed E-state index contributed by atoms with van der Waals surface area (Å²) in [6.07, 6.45) is 0. The first-order chi connectivity index (χ1) is 14.1. The zero-order valence-corrected chi connectivity index (χ0v) is 15.7. The third-order valence-corrected chi connectivity index (χ3v) is 4.27. The fourth-order valence-electron chi connectivity index (χ4n) is 2.78. The van der Waals surface area contributed by atoms with E-state index in [0.717, 1.165) is 5.56 Å². The van der Waals surface area contributed by atoms with E-state index in [-0.39, 0.29) is 18.3 Å². The molecule has 0 spiro atoms. The highest BCUT2D eigenvalue weighted by atomic mass is 19.1. The quantitative estimate of drug-likeness (QED) is 0.511. The van der Waals surface area contributed by atoms with E-state index >= 15 is 0 Å². The van der Waals surface area contributed by atoms with E-state index in [1.54, 1.807) is 36.4 Å². The van der Waals surface area contributed by atoms with Gasteiger partial charge in [-0.3, -0.25) is 4.79 Å². The van der Waals surface area contributed by atoms with Crippen molar-refractivity contribution < 1.29 is 13.9 Å². The summed E-state index contributed by atoms with van der Waals surface area (Å²) in [5.74, 6) is 0.234. The largest absolute Gasteiger partial charge is 0.475 e. The van der Waals surface area contributed by atoms with Crippen LogP contribution in [0.15, 0.2) is 60.7 Å². The maximum atomic E-state index is 13.5. The van der Waals surface area contributed by atoms with E-state index in [4.69, 9.17) is 4.74 Å². The van der Waals surface area contributed by atoms with Crippen LogP contribution in [0.25, 0.3) is 17.0 Å². The first-order valence-electron chi connectivity index (χ1n) is 9.06. The number of halogens is 1. The molecule has 0 unspecified atom stereocenters. The molecular formula is C21H18FN5O2. The van der Waals surface area contributed by atoms with E-state index < -0.39 is 0 Å².